The summed E-state index contributed by atoms with van der Waals surface area (Å²) in [6, 6.07) is 11.6. The summed E-state index contributed by atoms with van der Waals surface area (Å²) in [4.78, 5) is 20.3. The average molecular weight is 306 g/mol. The van der Waals surface area contributed by atoms with Crippen LogP contribution in [-0.4, -0.2) is 16.9 Å². The lowest BCUT2D eigenvalue weighted by atomic mass is 9.87. The van der Waals surface area contributed by atoms with E-state index in [1.807, 2.05) is 36.4 Å². The molecule has 0 atom stereocenters. The molecule has 0 N–H and O–H groups in total. The molecule has 0 radical (unpaired) electrons. The third-order valence-electron chi connectivity index (χ3n) is 3.61. The number of cyclic esters (lactones) is 1. The smallest absolute Gasteiger partial charge is 0.363 e. The third-order valence-corrected chi connectivity index (χ3v) is 3.61. The van der Waals surface area contributed by atoms with Crippen molar-refractivity contribution in [2.45, 2.75) is 26.2 Å². The molecule has 0 saturated heterocycles. The van der Waals surface area contributed by atoms with Gasteiger partial charge in [0, 0.05) is 18.0 Å². The predicted molar refractivity (Wildman–Crippen MR) is 90.0 cm³/mol. The van der Waals surface area contributed by atoms with Crippen molar-refractivity contribution < 1.29 is 9.53 Å². The molecule has 0 amide bonds. The molecule has 3 rings (SSSR count). The molecule has 2 aromatic rings. The Balaban J connectivity index is 1.88. The van der Waals surface area contributed by atoms with E-state index in [1.165, 1.54) is 5.56 Å². The second-order valence-electron chi connectivity index (χ2n) is 6.45. The molecule has 2 heterocycles. The van der Waals surface area contributed by atoms with Gasteiger partial charge in [0.05, 0.1) is 0 Å². The zero-order chi connectivity index (χ0) is 16.4. The molecule has 0 fully saturated rings. The lowest BCUT2D eigenvalue weighted by molar-refractivity contribution is -0.129. The van der Waals surface area contributed by atoms with Gasteiger partial charge in [0.25, 0.3) is 0 Å². The van der Waals surface area contributed by atoms with Crippen LogP contribution < -0.4 is 0 Å². The molecule has 0 saturated carbocycles. The Morgan fingerprint density at radius 2 is 1.83 bits per heavy atom. The summed E-state index contributed by atoms with van der Waals surface area (Å²) in [5.74, 6) is -0.102. The standard InChI is InChI=1S/C19H18N2O2/c1-19(2,3)15-8-6-14(7-9-15)17-21-16(18(22)23-17)11-13-5-4-10-20-12-13/h4-12H,1-3H3/b16-11+. The predicted octanol–water partition coefficient (Wildman–Crippen LogP) is 3.72. The summed E-state index contributed by atoms with van der Waals surface area (Å²) < 4.78 is 5.28. The number of pyridine rings is 1. The summed E-state index contributed by atoms with van der Waals surface area (Å²) in [5, 5.41) is 0. The van der Waals surface area contributed by atoms with Gasteiger partial charge in [0.1, 0.15) is 0 Å². The van der Waals surface area contributed by atoms with E-state index in [0.29, 0.717) is 5.90 Å². The topological polar surface area (TPSA) is 51.5 Å². The van der Waals surface area contributed by atoms with Crippen molar-refractivity contribution in [2.24, 2.45) is 4.99 Å². The van der Waals surface area contributed by atoms with Crippen molar-refractivity contribution in [3.8, 4) is 0 Å². The number of carbonyl (C=O) groups is 1. The molecule has 4 nitrogen and oxygen atoms in total. The number of benzene rings is 1. The molecular formula is C19H18N2O2. The van der Waals surface area contributed by atoms with Crippen molar-refractivity contribution in [3.05, 3.63) is 71.2 Å². The van der Waals surface area contributed by atoms with Crippen molar-refractivity contribution >= 4 is 17.9 Å². The Kier molecular flexibility index (Phi) is 3.82. The number of hydrogen-bond donors (Lipinski definition) is 0. The molecule has 116 valence electrons. The molecular weight excluding hydrogens is 288 g/mol. The van der Waals surface area contributed by atoms with E-state index < -0.39 is 5.97 Å². The van der Waals surface area contributed by atoms with Crippen LogP contribution in [0, 0.1) is 0 Å². The largest absolute Gasteiger partial charge is 0.402 e. The van der Waals surface area contributed by atoms with Crippen LogP contribution in [0.25, 0.3) is 6.08 Å². The van der Waals surface area contributed by atoms with Crippen molar-refractivity contribution in [1.29, 1.82) is 0 Å². The van der Waals surface area contributed by atoms with E-state index in [-0.39, 0.29) is 11.1 Å². The van der Waals surface area contributed by atoms with Crippen LogP contribution in [0.3, 0.4) is 0 Å². The molecule has 0 unspecified atom stereocenters. The number of carbonyl (C=O) groups excluding carboxylic acids is 1. The van der Waals surface area contributed by atoms with Gasteiger partial charge in [-0.15, -0.1) is 0 Å². The summed E-state index contributed by atoms with van der Waals surface area (Å²) in [7, 11) is 0. The third kappa shape index (κ3) is 3.37. The maximum absolute atomic E-state index is 12.0. The van der Waals surface area contributed by atoms with E-state index >= 15 is 0 Å². The van der Waals surface area contributed by atoms with Crippen LogP contribution >= 0.6 is 0 Å². The highest BCUT2D eigenvalue weighted by Gasteiger charge is 2.24. The molecule has 0 aliphatic carbocycles. The normalized spacial score (nSPS) is 16.4. The first-order valence-electron chi connectivity index (χ1n) is 7.47. The monoisotopic (exact) mass is 306 g/mol. The molecule has 4 heteroatoms. The maximum atomic E-state index is 12.0. The second-order valence-corrected chi connectivity index (χ2v) is 6.45. The van der Waals surface area contributed by atoms with Gasteiger partial charge >= 0.3 is 5.97 Å². The van der Waals surface area contributed by atoms with E-state index in [1.54, 1.807) is 18.5 Å². The molecule has 1 aromatic heterocycles. The molecule has 0 spiro atoms. The zero-order valence-corrected chi connectivity index (χ0v) is 13.4. The van der Waals surface area contributed by atoms with Crippen LogP contribution in [-0.2, 0) is 14.9 Å². The number of nitrogens with zero attached hydrogens (tertiary/aromatic N) is 2. The van der Waals surface area contributed by atoms with E-state index in [2.05, 4.69) is 30.7 Å². The summed E-state index contributed by atoms with van der Waals surface area (Å²) in [6.45, 7) is 6.47. The van der Waals surface area contributed by atoms with E-state index in [0.717, 1.165) is 11.1 Å². The molecule has 1 aliphatic heterocycles. The van der Waals surface area contributed by atoms with Gasteiger partial charge in [-0.25, -0.2) is 9.79 Å². The Labute approximate surface area is 135 Å². The fourth-order valence-electron chi connectivity index (χ4n) is 2.26. The van der Waals surface area contributed by atoms with Gasteiger partial charge in [-0.3, -0.25) is 4.98 Å². The number of esters is 1. The summed E-state index contributed by atoms with van der Waals surface area (Å²) in [6.07, 6.45) is 5.03. The first-order chi connectivity index (χ1) is 10.9. The number of hydrogen-bond acceptors (Lipinski definition) is 4. The Bertz CT molecular complexity index is 782. The van der Waals surface area contributed by atoms with Crippen molar-refractivity contribution in [1.82, 2.24) is 4.98 Å². The van der Waals surface area contributed by atoms with Gasteiger partial charge in [-0.1, -0.05) is 39.0 Å². The number of aromatic nitrogens is 1. The lowest BCUT2D eigenvalue weighted by Gasteiger charge is -2.18. The van der Waals surface area contributed by atoms with Crippen molar-refractivity contribution in [3.63, 3.8) is 0 Å². The summed E-state index contributed by atoms with van der Waals surface area (Å²) >= 11 is 0. The molecule has 0 bridgehead atoms. The lowest BCUT2D eigenvalue weighted by Crippen LogP contribution is -2.11. The highest BCUT2D eigenvalue weighted by Crippen LogP contribution is 2.24. The fourth-order valence-corrected chi connectivity index (χ4v) is 2.26. The number of aliphatic imine (C=N–C) groups is 1. The SMILES string of the molecule is CC(C)(C)c1ccc(C2=N/C(=C/c3cccnc3)C(=O)O2)cc1. The minimum absolute atomic E-state index is 0.0814. The van der Waals surface area contributed by atoms with Crippen LogP contribution in [0.5, 0.6) is 0 Å². The quantitative estimate of drug-likeness (QED) is 0.627. The first kappa shape index (κ1) is 15.2. The number of ether oxygens (including phenoxy) is 1. The summed E-state index contributed by atoms with van der Waals surface area (Å²) in [5.41, 5.74) is 3.19. The number of rotatable bonds is 2. The van der Waals surface area contributed by atoms with Gasteiger partial charge < -0.3 is 4.74 Å². The van der Waals surface area contributed by atoms with Gasteiger partial charge in [-0.05, 0) is 40.8 Å². The van der Waals surface area contributed by atoms with Crippen LogP contribution in [0.1, 0.15) is 37.5 Å². The van der Waals surface area contributed by atoms with Crippen LogP contribution in [0.15, 0.2) is 59.5 Å². The van der Waals surface area contributed by atoms with Crippen molar-refractivity contribution in [2.75, 3.05) is 0 Å². The van der Waals surface area contributed by atoms with Gasteiger partial charge in [0.2, 0.25) is 5.90 Å². The van der Waals surface area contributed by atoms with Crippen LogP contribution in [0.2, 0.25) is 0 Å². The molecule has 1 aliphatic rings. The Hall–Kier alpha value is -2.75. The van der Waals surface area contributed by atoms with E-state index in [9.17, 15) is 4.79 Å². The van der Waals surface area contributed by atoms with Gasteiger partial charge in [0.15, 0.2) is 5.70 Å². The fraction of sp³-hybridized carbons (Fsp3) is 0.211. The molecule has 1 aromatic carbocycles. The maximum Gasteiger partial charge on any atom is 0.363 e. The zero-order valence-electron chi connectivity index (χ0n) is 13.4. The average Bonchev–Trinajstić information content (AvgIpc) is 2.89. The Morgan fingerprint density at radius 1 is 1.09 bits per heavy atom. The molecule has 23 heavy (non-hydrogen) atoms. The first-order valence-corrected chi connectivity index (χ1v) is 7.47. The highest BCUT2D eigenvalue weighted by molar-refractivity contribution is 6.12. The second kappa shape index (κ2) is 5.80. The van der Waals surface area contributed by atoms with Crippen LogP contribution in [0.4, 0.5) is 0 Å². The Morgan fingerprint density at radius 3 is 2.43 bits per heavy atom. The minimum atomic E-state index is -0.441. The highest BCUT2D eigenvalue weighted by atomic mass is 16.6. The van der Waals surface area contributed by atoms with E-state index in [4.69, 9.17) is 4.74 Å². The minimum Gasteiger partial charge on any atom is -0.402 e. The van der Waals surface area contributed by atoms with Gasteiger partial charge in [-0.2, -0.15) is 0 Å².